The van der Waals surface area contributed by atoms with Gasteiger partial charge in [-0.3, -0.25) is 4.79 Å². The summed E-state index contributed by atoms with van der Waals surface area (Å²) in [5.74, 6) is -1.26. The number of ketones is 1. The number of ether oxygens (including phenoxy) is 1. The minimum Gasteiger partial charge on any atom is -0.507 e. The molecule has 0 aliphatic heterocycles. The number of carbonyl (C=O) groups excluding carboxylic acids is 2. The first-order valence-electron chi connectivity index (χ1n) is 6.24. The van der Waals surface area contributed by atoms with Gasteiger partial charge < -0.3 is 9.84 Å². The average molecular weight is 270 g/mol. The van der Waals surface area contributed by atoms with Crippen molar-refractivity contribution in [2.24, 2.45) is 0 Å². The molecule has 1 N–H and O–H groups in total. The highest BCUT2D eigenvalue weighted by molar-refractivity contribution is 6.16. The van der Waals surface area contributed by atoms with Gasteiger partial charge in [0, 0.05) is 5.56 Å². The van der Waals surface area contributed by atoms with Crippen molar-refractivity contribution in [2.75, 3.05) is 6.61 Å². The van der Waals surface area contributed by atoms with Gasteiger partial charge in [0.2, 0.25) is 0 Å². The van der Waals surface area contributed by atoms with Crippen molar-refractivity contribution < 1.29 is 19.4 Å². The highest BCUT2D eigenvalue weighted by Gasteiger charge is 2.22. The Balaban J connectivity index is 2.50. The van der Waals surface area contributed by atoms with Crippen molar-refractivity contribution in [3.8, 4) is 5.75 Å². The maximum absolute atomic E-state index is 12.4. The van der Waals surface area contributed by atoms with Crippen LogP contribution in [0, 0.1) is 0 Å². The molecule has 0 aliphatic rings. The minimum absolute atomic E-state index is 0.0304. The zero-order valence-electron chi connectivity index (χ0n) is 11.0. The van der Waals surface area contributed by atoms with E-state index in [1.54, 1.807) is 37.3 Å². The molecule has 4 nitrogen and oxygen atoms in total. The molecule has 0 heterocycles. The number of hydrogen-bond acceptors (Lipinski definition) is 4. The van der Waals surface area contributed by atoms with Crippen LogP contribution in [0.25, 0.3) is 0 Å². The topological polar surface area (TPSA) is 63.6 Å². The van der Waals surface area contributed by atoms with Gasteiger partial charge in [0.25, 0.3) is 0 Å². The number of rotatable bonds is 4. The molecule has 0 spiro atoms. The largest absolute Gasteiger partial charge is 0.507 e. The number of benzene rings is 2. The van der Waals surface area contributed by atoms with Gasteiger partial charge in [-0.05, 0) is 19.1 Å². The third kappa shape index (κ3) is 2.69. The monoisotopic (exact) mass is 270 g/mol. The number of hydrogen-bond donors (Lipinski definition) is 1. The maximum atomic E-state index is 12.4. The number of phenols is 1. The second-order valence-corrected chi connectivity index (χ2v) is 4.12. The average Bonchev–Trinajstić information content (AvgIpc) is 2.47. The molecule has 4 heteroatoms. The van der Waals surface area contributed by atoms with Crippen molar-refractivity contribution in [1.82, 2.24) is 0 Å². The predicted molar refractivity (Wildman–Crippen MR) is 73.9 cm³/mol. The van der Waals surface area contributed by atoms with Gasteiger partial charge in [0.05, 0.1) is 17.7 Å². The van der Waals surface area contributed by atoms with Crippen molar-refractivity contribution in [2.45, 2.75) is 6.92 Å². The van der Waals surface area contributed by atoms with Gasteiger partial charge >= 0.3 is 5.97 Å². The Morgan fingerprint density at radius 2 is 1.75 bits per heavy atom. The van der Waals surface area contributed by atoms with Crippen LogP contribution in [0.15, 0.2) is 48.5 Å². The molecule has 0 unspecified atom stereocenters. The fourth-order valence-electron chi connectivity index (χ4n) is 1.89. The second kappa shape index (κ2) is 6.02. The Kier molecular flexibility index (Phi) is 4.15. The molecule has 2 aromatic carbocycles. The summed E-state index contributed by atoms with van der Waals surface area (Å²) in [7, 11) is 0. The summed E-state index contributed by atoms with van der Waals surface area (Å²) in [4.78, 5) is 24.3. The molecule has 0 atom stereocenters. The van der Waals surface area contributed by atoms with Crippen molar-refractivity contribution >= 4 is 11.8 Å². The van der Waals surface area contributed by atoms with E-state index in [0.29, 0.717) is 5.56 Å². The first-order chi connectivity index (χ1) is 9.65. The van der Waals surface area contributed by atoms with Crippen LogP contribution in [-0.4, -0.2) is 23.5 Å². The summed E-state index contributed by atoms with van der Waals surface area (Å²) in [5.41, 5.74) is 0.442. The van der Waals surface area contributed by atoms with Crippen LogP contribution in [0.5, 0.6) is 5.75 Å². The predicted octanol–water partition coefficient (Wildman–Crippen LogP) is 2.80. The summed E-state index contributed by atoms with van der Waals surface area (Å²) in [6.07, 6.45) is 0. The van der Waals surface area contributed by atoms with Gasteiger partial charge in [0.15, 0.2) is 5.78 Å². The van der Waals surface area contributed by atoms with E-state index < -0.39 is 11.8 Å². The van der Waals surface area contributed by atoms with E-state index in [0.717, 1.165) is 0 Å². The third-order valence-corrected chi connectivity index (χ3v) is 2.80. The summed E-state index contributed by atoms with van der Waals surface area (Å²) >= 11 is 0. The van der Waals surface area contributed by atoms with Crippen molar-refractivity contribution in [3.05, 3.63) is 65.2 Å². The van der Waals surface area contributed by atoms with Crippen LogP contribution in [0.4, 0.5) is 0 Å². The highest BCUT2D eigenvalue weighted by Crippen LogP contribution is 2.25. The Bertz CT molecular complexity index is 632. The van der Waals surface area contributed by atoms with E-state index in [4.69, 9.17) is 4.74 Å². The molecule has 20 heavy (non-hydrogen) atoms. The Hall–Kier alpha value is -2.62. The molecule has 0 saturated carbocycles. The van der Waals surface area contributed by atoms with Crippen LogP contribution >= 0.6 is 0 Å². The van der Waals surface area contributed by atoms with E-state index in [2.05, 4.69) is 0 Å². The van der Waals surface area contributed by atoms with E-state index in [1.807, 2.05) is 0 Å². The molecule has 0 fully saturated rings. The number of carbonyl (C=O) groups is 2. The maximum Gasteiger partial charge on any atom is 0.339 e. The van der Waals surface area contributed by atoms with E-state index in [-0.39, 0.29) is 23.5 Å². The molecule has 0 amide bonds. The molecule has 2 aromatic rings. The fourth-order valence-corrected chi connectivity index (χ4v) is 1.89. The summed E-state index contributed by atoms with van der Waals surface area (Å²) < 4.78 is 4.91. The van der Waals surface area contributed by atoms with E-state index in [9.17, 15) is 14.7 Å². The number of esters is 1. The van der Waals surface area contributed by atoms with Gasteiger partial charge in [0.1, 0.15) is 5.75 Å². The SMILES string of the molecule is CCOC(=O)c1cccc(O)c1C(=O)c1ccccc1. The molecule has 2 rings (SSSR count). The molecule has 0 aliphatic carbocycles. The zero-order chi connectivity index (χ0) is 14.5. The van der Waals surface area contributed by atoms with Gasteiger partial charge in [-0.2, -0.15) is 0 Å². The number of aromatic hydroxyl groups is 1. The lowest BCUT2D eigenvalue weighted by molar-refractivity contribution is 0.0523. The Labute approximate surface area is 116 Å². The third-order valence-electron chi connectivity index (χ3n) is 2.80. The lowest BCUT2D eigenvalue weighted by Gasteiger charge is -2.09. The van der Waals surface area contributed by atoms with E-state index in [1.165, 1.54) is 18.2 Å². The van der Waals surface area contributed by atoms with Crippen LogP contribution in [0.1, 0.15) is 33.2 Å². The van der Waals surface area contributed by atoms with Crippen LogP contribution in [-0.2, 0) is 4.74 Å². The standard InChI is InChI=1S/C16H14O4/c1-2-20-16(19)12-9-6-10-13(17)14(12)15(18)11-7-4-3-5-8-11/h3-10,17H,2H2,1H3. The molecular formula is C16H14O4. The Morgan fingerprint density at radius 1 is 1.05 bits per heavy atom. The molecule has 0 bridgehead atoms. The van der Waals surface area contributed by atoms with Crippen LogP contribution in [0.2, 0.25) is 0 Å². The smallest absolute Gasteiger partial charge is 0.339 e. The lowest BCUT2D eigenvalue weighted by atomic mass is 9.97. The molecule has 0 aromatic heterocycles. The summed E-state index contributed by atoms with van der Waals surface area (Å²) in [6.45, 7) is 1.88. The van der Waals surface area contributed by atoms with Crippen molar-refractivity contribution in [1.29, 1.82) is 0 Å². The van der Waals surface area contributed by atoms with Gasteiger partial charge in [-0.15, -0.1) is 0 Å². The first kappa shape index (κ1) is 13.8. The minimum atomic E-state index is -0.623. The first-order valence-corrected chi connectivity index (χ1v) is 6.24. The summed E-state index contributed by atoms with van der Waals surface area (Å²) in [5, 5.41) is 9.91. The quantitative estimate of drug-likeness (QED) is 0.685. The normalized spacial score (nSPS) is 10.1. The van der Waals surface area contributed by atoms with Crippen LogP contribution in [0.3, 0.4) is 0 Å². The molecule has 0 saturated heterocycles. The zero-order valence-corrected chi connectivity index (χ0v) is 11.0. The molecule has 0 radical (unpaired) electrons. The highest BCUT2D eigenvalue weighted by atomic mass is 16.5. The van der Waals surface area contributed by atoms with Crippen molar-refractivity contribution in [3.63, 3.8) is 0 Å². The summed E-state index contributed by atoms with van der Waals surface area (Å²) in [6, 6.07) is 12.8. The number of phenolic OH excluding ortho intramolecular Hbond substituents is 1. The van der Waals surface area contributed by atoms with Gasteiger partial charge in [-0.25, -0.2) is 4.79 Å². The lowest BCUT2D eigenvalue weighted by Crippen LogP contribution is -2.12. The van der Waals surface area contributed by atoms with Crippen LogP contribution < -0.4 is 0 Å². The fraction of sp³-hybridized carbons (Fsp3) is 0.125. The second-order valence-electron chi connectivity index (χ2n) is 4.12. The van der Waals surface area contributed by atoms with Gasteiger partial charge in [-0.1, -0.05) is 36.4 Å². The Morgan fingerprint density at radius 3 is 2.40 bits per heavy atom. The van der Waals surface area contributed by atoms with E-state index >= 15 is 0 Å². The molecular weight excluding hydrogens is 256 g/mol. The molecule has 102 valence electrons.